The highest BCUT2D eigenvalue weighted by atomic mass is 79.9. The average Bonchev–Trinajstić information content (AvgIpc) is 2.83. The predicted molar refractivity (Wildman–Crippen MR) is 142 cm³/mol. The number of benzene rings is 3. The van der Waals surface area contributed by atoms with Crippen LogP contribution >= 0.6 is 15.9 Å². The number of amides is 1. The van der Waals surface area contributed by atoms with E-state index in [0.717, 1.165) is 37.9 Å². The number of fused-ring (bicyclic) bond motifs is 1. The zero-order valence-corrected chi connectivity index (χ0v) is 21.7. The van der Waals surface area contributed by atoms with Crippen molar-refractivity contribution in [3.63, 3.8) is 0 Å². The normalized spacial score (nSPS) is 12.4. The maximum absolute atomic E-state index is 13.5. The van der Waals surface area contributed by atoms with E-state index in [1.807, 2.05) is 55.5 Å². The van der Waals surface area contributed by atoms with Crippen LogP contribution < -0.4 is 10.1 Å². The molecule has 0 aliphatic carbocycles. The Morgan fingerprint density at radius 3 is 2.26 bits per heavy atom. The molecule has 0 radical (unpaired) electrons. The number of aromatic nitrogens is 1. The van der Waals surface area contributed by atoms with Gasteiger partial charge in [-0.2, -0.15) is 0 Å². The van der Waals surface area contributed by atoms with Crippen molar-refractivity contribution in [2.24, 2.45) is 0 Å². The first-order chi connectivity index (χ1) is 16.2. The summed E-state index contributed by atoms with van der Waals surface area (Å²) < 4.78 is 6.17. The molecular formula is C29H29BrN2O2. The van der Waals surface area contributed by atoms with Crippen LogP contribution in [0.5, 0.6) is 5.75 Å². The first kappa shape index (κ1) is 24.0. The summed E-state index contributed by atoms with van der Waals surface area (Å²) in [6.07, 6.45) is 0. The molecule has 1 atom stereocenters. The lowest BCUT2D eigenvalue weighted by Gasteiger charge is -2.21. The van der Waals surface area contributed by atoms with E-state index in [1.54, 1.807) is 7.11 Å². The molecule has 1 N–H and O–H groups in total. The van der Waals surface area contributed by atoms with Crippen LogP contribution in [0.2, 0.25) is 0 Å². The minimum atomic E-state index is -0.138. The van der Waals surface area contributed by atoms with Gasteiger partial charge in [-0.05, 0) is 72.0 Å². The summed E-state index contributed by atoms with van der Waals surface area (Å²) >= 11 is 3.53. The molecule has 0 aliphatic heterocycles. The number of ether oxygens (including phenoxy) is 1. The van der Waals surface area contributed by atoms with Crippen LogP contribution in [0.25, 0.3) is 22.2 Å². The molecule has 0 bridgehead atoms. The summed E-state index contributed by atoms with van der Waals surface area (Å²) in [5.41, 5.74) is 5.45. The molecule has 1 heterocycles. The van der Waals surface area contributed by atoms with Crippen molar-refractivity contribution in [2.75, 3.05) is 7.11 Å². The Morgan fingerprint density at radius 1 is 0.971 bits per heavy atom. The number of pyridine rings is 1. The van der Waals surface area contributed by atoms with Crippen LogP contribution in [0.3, 0.4) is 0 Å². The Morgan fingerprint density at radius 2 is 1.65 bits per heavy atom. The van der Waals surface area contributed by atoms with Gasteiger partial charge in [0.1, 0.15) is 5.75 Å². The molecule has 1 aromatic heterocycles. The number of hydrogen-bond acceptors (Lipinski definition) is 3. The minimum absolute atomic E-state index is 0.0895. The van der Waals surface area contributed by atoms with Gasteiger partial charge in [-0.1, -0.05) is 61.0 Å². The second kappa shape index (κ2) is 9.59. The number of carbonyl (C=O) groups is 1. The molecule has 3 aromatic carbocycles. The summed E-state index contributed by atoms with van der Waals surface area (Å²) in [6, 6.07) is 23.7. The van der Waals surface area contributed by atoms with Crippen molar-refractivity contribution in [3.05, 3.63) is 94.0 Å². The Bertz CT molecular complexity index is 1320. The van der Waals surface area contributed by atoms with Crippen LogP contribution in [0.4, 0.5) is 0 Å². The predicted octanol–water partition coefficient (Wildman–Crippen LogP) is 7.46. The third-order valence-electron chi connectivity index (χ3n) is 6.03. The number of carbonyl (C=O) groups excluding carboxylic acids is 1. The number of methoxy groups -OCH3 is 1. The lowest BCUT2D eigenvalue weighted by atomic mass is 9.86. The lowest BCUT2D eigenvalue weighted by molar-refractivity contribution is 0.0941. The van der Waals surface area contributed by atoms with Crippen molar-refractivity contribution in [3.8, 4) is 17.0 Å². The van der Waals surface area contributed by atoms with Crippen LogP contribution in [-0.2, 0) is 5.41 Å². The number of rotatable bonds is 5. The topological polar surface area (TPSA) is 51.2 Å². The van der Waals surface area contributed by atoms with Gasteiger partial charge in [0.25, 0.3) is 5.91 Å². The third kappa shape index (κ3) is 5.15. The van der Waals surface area contributed by atoms with Crippen molar-refractivity contribution in [1.29, 1.82) is 0 Å². The van der Waals surface area contributed by atoms with Gasteiger partial charge < -0.3 is 10.1 Å². The Labute approximate surface area is 209 Å². The second-order valence-corrected chi connectivity index (χ2v) is 10.4. The fourth-order valence-corrected chi connectivity index (χ4v) is 4.29. The van der Waals surface area contributed by atoms with Crippen molar-refractivity contribution in [1.82, 2.24) is 10.3 Å². The van der Waals surface area contributed by atoms with Crippen molar-refractivity contribution in [2.45, 2.75) is 39.2 Å². The molecule has 1 amide bonds. The maximum Gasteiger partial charge on any atom is 0.252 e. The Hall–Kier alpha value is -3.18. The monoisotopic (exact) mass is 516 g/mol. The molecule has 4 aromatic rings. The number of nitrogens with one attached hydrogen (secondary N) is 1. The zero-order chi connectivity index (χ0) is 24.5. The molecule has 0 saturated heterocycles. The van der Waals surface area contributed by atoms with E-state index >= 15 is 0 Å². The van der Waals surface area contributed by atoms with Gasteiger partial charge in [-0.3, -0.25) is 4.79 Å². The summed E-state index contributed by atoms with van der Waals surface area (Å²) in [6.45, 7) is 8.59. The highest BCUT2D eigenvalue weighted by Crippen LogP contribution is 2.29. The first-order valence-electron chi connectivity index (χ1n) is 11.3. The van der Waals surface area contributed by atoms with Crippen LogP contribution in [0, 0.1) is 0 Å². The molecule has 0 saturated carbocycles. The largest absolute Gasteiger partial charge is 0.497 e. The Balaban J connectivity index is 1.68. The van der Waals surface area contributed by atoms with E-state index in [-0.39, 0.29) is 17.4 Å². The second-order valence-electron chi connectivity index (χ2n) is 9.51. The molecule has 5 heteroatoms. The SMILES string of the molecule is COc1ccc(-c2cc(C(=O)N[C@H](C)c3ccc(C(C)(C)C)cc3)c3cc(Br)ccc3n2)cc1. The fourth-order valence-electron chi connectivity index (χ4n) is 3.93. The van der Waals surface area contributed by atoms with E-state index in [9.17, 15) is 4.79 Å². The van der Waals surface area contributed by atoms with Gasteiger partial charge in [-0.15, -0.1) is 0 Å². The average molecular weight is 517 g/mol. The van der Waals surface area contributed by atoms with Gasteiger partial charge >= 0.3 is 0 Å². The van der Waals surface area contributed by atoms with Gasteiger partial charge in [0, 0.05) is 15.4 Å². The number of halogens is 1. The molecule has 34 heavy (non-hydrogen) atoms. The van der Waals surface area contributed by atoms with E-state index < -0.39 is 0 Å². The standard InChI is InChI=1S/C29H29BrN2O2/c1-18(19-6-10-21(11-7-19)29(2,3)4)31-28(33)25-17-27(20-8-13-23(34-5)14-9-20)32-26-15-12-22(30)16-24(25)26/h6-18H,1-5H3,(H,31,33)/t18-/m1/s1. The Kier molecular flexibility index (Phi) is 6.76. The van der Waals surface area contributed by atoms with Crippen LogP contribution in [0.15, 0.2) is 77.3 Å². The highest BCUT2D eigenvalue weighted by Gasteiger charge is 2.18. The molecule has 0 spiro atoms. The molecule has 0 unspecified atom stereocenters. The summed E-state index contributed by atoms with van der Waals surface area (Å²) in [4.78, 5) is 18.3. The van der Waals surface area contributed by atoms with Gasteiger partial charge in [-0.25, -0.2) is 4.98 Å². The smallest absolute Gasteiger partial charge is 0.252 e. The molecule has 4 rings (SSSR count). The summed E-state index contributed by atoms with van der Waals surface area (Å²) in [5.74, 6) is 0.644. The van der Waals surface area contributed by atoms with E-state index in [0.29, 0.717) is 5.56 Å². The highest BCUT2D eigenvalue weighted by molar-refractivity contribution is 9.10. The van der Waals surface area contributed by atoms with Crippen LogP contribution in [0.1, 0.15) is 55.2 Å². The van der Waals surface area contributed by atoms with Crippen LogP contribution in [-0.4, -0.2) is 18.0 Å². The maximum atomic E-state index is 13.5. The van der Waals surface area contributed by atoms with E-state index in [2.05, 4.69) is 66.3 Å². The number of hydrogen-bond donors (Lipinski definition) is 1. The third-order valence-corrected chi connectivity index (χ3v) is 6.52. The molecule has 174 valence electrons. The van der Waals surface area contributed by atoms with Gasteiger partial charge in [0.2, 0.25) is 0 Å². The molecule has 4 nitrogen and oxygen atoms in total. The zero-order valence-electron chi connectivity index (χ0n) is 20.1. The van der Waals surface area contributed by atoms with Gasteiger partial charge in [0.05, 0.1) is 29.9 Å². The van der Waals surface area contributed by atoms with E-state index in [1.165, 1.54) is 5.56 Å². The molecule has 0 aliphatic rings. The quantitative estimate of drug-likeness (QED) is 0.299. The molecule has 0 fully saturated rings. The van der Waals surface area contributed by atoms with Gasteiger partial charge in [0.15, 0.2) is 0 Å². The van der Waals surface area contributed by atoms with E-state index in [4.69, 9.17) is 9.72 Å². The van der Waals surface area contributed by atoms with Crippen molar-refractivity contribution < 1.29 is 9.53 Å². The first-order valence-corrected chi connectivity index (χ1v) is 12.1. The van der Waals surface area contributed by atoms with Crippen molar-refractivity contribution >= 4 is 32.7 Å². The fraction of sp³-hybridized carbons (Fsp3) is 0.241. The number of nitrogens with zero attached hydrogens (tertiary/aromatic N) is 1. The summed E-state index contributed by atoms with van der Waals surface area (Å²) in [5, 5.41) is 3.98. The lowest BCUT2D eigenvalue weighted by Crippen LogP contribution is -2.27. The summed E-state index contributed by atoms with van der Waals surface area (Å²) in [7, 11) is 1.64. The minimum Gasteiger partial charge on any atom is -0.497 e. The molecular weight excluding hydrogens is 488 g/mol.